The van der Waals surface area contributed by atoms with Gasteiger partial charge in [-0.3, -0.25) is 4.79 Å². The number of rotatable bonds is 7. The number of nitrogens with zero attached hydrogens (tertiary/aromatic N) is 3. The van der Waals surface area contributed by atoms with Gasteiger partial charge in [0.15, 0.2) is 5.65 Å². The Kier molecular flexibility index (Phi) is 4.93. The Hall–Kier alpha value is -2.36. The van der Waals surface area contributed by atoms with E-state index in [2.05, 4.69) is 25.1 Å². The zero-order valence-electron chi connectivity index (χ0n) is 12.5. The second-order valence-corrected chi connectivity index (χ2v) is 4.90. The van der Waals surface area contributed by atoms with Crippen LogP contribution in [0.3, 0.4) is 0 Å². The van der Waals surface area contributed by atoms with Crippen molar-refractivity contribution >= 4 is 11.0 Å². The molecule has 0 spiro atoms. The van der Waals surface area contributed by atoms with E-state index in [0.29, 0.717) is 18.7 Å². The van der Waals surface area contributed by atoms with Gasteiger partial charge in [-0.15, -0.1) is 13.2 Å². The van der Waals surface area contributed by atoms with Crippen LogP contribution in [0, 0.1) is 0 Å². The molecule has 21 heavy (non-hydrogen) atoms. The number of fused-ring (bicyclic) bond motifs is 1. The van der Waals surface area contributed by atoms with Gasteiger partial charge in [-0.25, -0.2) is 9.66 Å². The number of hydrogen-bond acceptors (Lipinski definition) is 3. The molecular weight excluding hydrogens is 262 g/mol. The third kappa shape index (κ3) is 3.05. The standard InChI is InChI=1S/C17H21N3O/c1-4-8-15-13-14-9-7-10-18-16(14)20(17(15)21)19(11-5-2)12-6-3/h5-7,9-10,13H,2-4,8,11-12H2,1H3. The largest absolute Gasteiger partial charge is 0.301 e. The molecule has 0 aromatic carbocycles. The molecule has 2 aromatic rings. The van der Waals surface area contributed by atoms with E-state index in [-0.39, 0.29) is 5.56 Å². The van der Waals surface area contributed by atoms with Crippen LogP contribution >= 0.6 is 0 Å². The van der Waals surface area contributed by atoms with E-state index in [4.69, 9.17) is 0 Å². The molecule has 0 bridgehead atoms. The van der Waals surface area contributed by atoms with E-state index in [1.807, 2.05) is 23.2 Å². The summed E-state index contributed by atoms with van der Waals surface area (Å²) in [6.45, 7) is 10.7. The molecule has 0 unspecified atom stereocenters. The molecule has 4 heteroatoms. The van der Waals surface area contributed by atoms with Crippen molar-refractivity contribution < 1.29 is 0 Å². The van der Waals surface area contributed by atoms with Gasteiger partial charge in [-0.2, -0.15) is 0 Å². The monoisotopic (exact) mass is 283 g/mol. The summed E-state index contributed by atoms with van der Waals surface area (Å²) >= 11 is 0. The molecular formula is C17H21N3O. The molecule has 0 N–H and O–H groups in total. The average Bonchev–Trinajstić information content (AvgIpc) is 2.48. The van der Waals surface area contributed by atoms with Crippen LogP contribution in [-0.2, 0) is 6.42 Å². The van der Waals surface area contributed by atoms with Crippen LogP contribution in [0.5, 0.6) is 0 Å². The summed E-state index contributed by atoms with van der Waals surface area (Å²) in [7, 11) is 0. The lowest BCUT2D eigenvalue weighted by atomic mass is 10.1. The van der Waals surface area contributed by atoms with Crippen molar-refractivity contribution in [1.82, 2.24) is 9.66 Å². The van der Waals surface area contributed by atoms with E-state index in [9.17, 15) is 4.79 Å². The van der Waals surface area contributed by atoms with Gasteiger partial charge < -0.3 is 5.01 Å². The molecule has 0 saturated heterocycles. The average molecular weight is 283 g/mol. The van der Waals surface area contributed by atoms with E-state index in [0.717, 1.165) is 23.8 Å². The Morgan fingerprint density at radius 2 is 2.05 bits per heavy atom. The molecule has 2 rings (SSSR count). The second kappa shape index (κ2) is 6.88. The van der Waals surface area contributed by atoms with Crippen molar-refractivity contribution in [2.24, 2.45) is 0 Å². The first-order valence-corrected chi connectivity index (χ1v) is 7.19. The highest BCUT2D eigenvalue weighted by molar-refractivity contribution is 5.75. The highest BCUT2D eigenvalue weighted by Gasteiger charge is 2.13. The third-order valence-electron chi connectivity index (χ3n) is 3.30. The Balaban J connectivity index is 2.73. The Bertz CT molecular complexity index is 693. The zero-order valence-corrected chi connectivity index (χ0v) is 12.5. The summed E-state index contributed by atoms with van der Waals surface area (Å²) in [6, 6.07) is 5.82. The molecule has 0 aliphatic carbocycles. The first-order chi connectivity index (χ1) is 10.2. The van der Waals surface area contributed by atoms with Gasteiger partial charge in [-0.1, -0.05) is 25.5 Å². The smallest absolute Gasteiger partial charge is 0.274 e. The van der Waals surface area contributed by atoms with Crippen molar-refractivity contribution in [1.29, 1.82) is 0 Å². The number of hydrogen-bond donors (Lipinski definition) is 0. The summed E-state index contributed by atoms with van der Waals surface area (Å²) in [5, 5.41) is 2.87. The van der Waals surface area contributed by atoms with Gasteiger partial charge in [0.1, 0.15) is 0 Å². The Labute approximate surface area is 125 Å². The summed E-state index contributed by atoms with van der Waals surface area (Å²) in [5.74, 6) is 0. The SMILES string of the molecule is C=CCN(CC=C)n1c(=O)c(CCC)cc2cccnc21. The fourth-order valence-electron chi connectivity index (χ4n) is 2.43. The van der Waals surface area contributed by atoms with Gasteiger partial charge in [-0.05, 0) is 24.6 Å². The third-order valence-corrected chi connectivity index (χ3v) is 3.30. The van der Waals surface area contributed by atoms with Crippen LogP contribution in [-0.4, -0.2) is 22.7 Å². The quantitative estimate of drug-likeness (QED) is 0.733. The van der Waals surface area contributed by atoms with Crippen molar-refractivity contribution in [3.63, 3.8) is 0 Å². The maximum atomic E-state index is 12.8. The van der Waals surface area contributed by atoms with Crippen molar-refractivity contribution in [3.05, 3.63) is 65.6 Å². The number of pyridine rings is 2. The first-order valence-electron chi connectivity index (χ1n) is 7.19. The van der Waals surface area contributed by atoms with Crippen molar-refractivity contribution in [3.8, 4) is 0 Å². The minimum atomic E-state index is -0.00764. The van der Waals surface area contributed by atoms with Crippen LogP contribution in [0.15, 0.2) is 54.5 Å². The zero-order chi connectivity index (χ0) is 15.2. The van der Waals surface area contributed by atoms with Gasteiger partial charge in [0, 0.05) is 17.1 Å². The van der Waals surface area contributed by atoms with E-state index in [1.165, 1.54) is 0 Å². The van der Waals surface area contributed by atoms with Crippen LogP contribution in [0.2, 0.25) is 0 Å². The lowest BCUT2D eigenvalue weighted by molar-refractivity contribution is 0.644. The maximum absolute atomic E-state index is 12.8. The first kappa shape index (κ1) is 15.0. The van der Waals surface area contributed by atoms with Crippen molar-refractivity contribution in [2.75, 3.05) is 18.1 Å². The summed E-state index contributed by atoms with van der Waals surface area (Å²) < 4.78 is 1.66. The summed E-state index contributed by atoms with van der Waals surface area (Å²) in [4.78, 5) is 17.2. The highest BCUT2D eigenvalue weighted by Crippen LogP contribution is 2.12. The molecule has 0 radical (unpaired) electrons. The predicted octanol–water partition coefficient (Wildman–Crippen LogP) is 2.66. The second-order valence-electron chi connectivity index (χ2n) is 4.90. The molecule has 0 aliphatic heterocycles. The van der Waals surface area contributed by atoms with Crippen LogP contribution < -0.4 is 10.6 Å². The van der Waals surface area contributed by atoms with E-state index >= 15 is 0 Å². The van der Waals surface area contributed by atoms with Crippen LogP contribution in [0.1, 0.15) is 18.9 Å². The molecule has 0 aliphatic rings. The number of aryl methyl sites for hydroxylation is 1. The van der Waals surface area contributed by atoms with Gasteiger partial charge >= 0.3 is 0 Å². The van der Waals surface area contributed by atoms with Crippen LogP contribution in [0.25, 0.3) is 11.0 Å². The normalized spacial score (nSPS) is 10.5. The highest BCUT2D eigenvalue weighted by atomic mass is 16.1. The molecule has 4 nitrogen and oxygen atoms in total. The topological polar surface area (TPSA) is 38.1 Å². The van der Waals surface area contributed by atoms with Gasteiger partial charge in [0.25, 0.3) is 5.56 Å². The molecule has 0 atom stereocenters. The van der Waals surface area contributed by atoms with Crippen LogP contribution in [0.4, 0.5) is 0 Å². The van der Waals surface area contributed by atoms with E-state index in [1.54, 1.807) is 23.0 Å². The lowest BCUT2D eigenvalue weighted by Crippen LogP contribution is -2.44. The minimum absolute atomic E-state index is 0.00764. The number of aromatic nitrogens is 2. The maximum Gasteiger partial charge on any atom is 0.274 e. The molecule has 2 heterocycles. The lowest BCUT2D eigenvalue weighted by Gasteiger charge is -2.25. The van der Waals surface area contributed by atoms with E-state index < -0.39 is 0 Å². The Morgan fingerprint density at radius 1 is 1.33 bits per heavy atom. The molecule has 110 valence electrons. The minimum Gasteiger partial charge on any atom is -0.301 e. The van der Waals surface area contributed by atoms with Crippen molar-refractivity contribution in [2.45, 2.75) is 19.8 Å². The van der Waals surface area contributed by atoms with Gasteiger partial charge in [0.2, 0.25) is 0 Å². The molecule has 0 saturated carbocycles. The van der Waals surface area contributed by atoms with Gasteiger partial charge in [0.05, 0.1) is 13.1 Å². The summed E-state index contributed by atoms with van der Waals surface area (Å²) in [6.07, 6.45) is 6.95. The molecule has 0 amide bonds. The molecule has 2 aromatic heterocycles. The summed E-state index contributed by atoms with van der Waals surface area (Å²) in [5.41, 5.74) is 1.48. The fraction of sp³-hybridized carbons (Fsp3) is 0.294. The molecule has 0 fully saturated rings. The Morgan fingerprint density at radius 3 is 2.67 bits per heavy atom. The predicted molar refractivity (Wildman–Crippen MR) is 88.3 cm³/mol. The fourth-order valence-corrected chi connectivity index (χ4v) is 2.43.